The molecular weight excluding hydrogens is 326 g/mol. The van der Waals surface area contributed by atoms with E-state index in [4.69, 9.17) is 19.7 Å². The van der Waals surface area contributed by atoms with Crippen LogP contribution in [0.25, 0.3) is 10.4 Å². The quantitative estimate of drug-likeness (QED) is 0.245. The highest BCUT2D eigenvalue weighted by atomic mass is 16.7. The van der Waals surface area contributed by atoms with Gasteiger partial charge in [-0.15, -0.1) is 0 Å². The molecule has 1 aromatic carbocycles. The van der Waals surface area contributed by atoms with Crippen LogP contribution in [-0.4, -0.2) is 23.3 Å². The van der Waals surface area contributed by atoms with Crippen molar-refractivity contribution in [3.63, 3.8) is 0 Å². The Morgan fingerprint density at radius 3 is 2.08 bits per heavy atom. The van der Waals surface area contributed by atoms with Gasteiger partial charge < -0.3 is 14.2 Å². The van der Waals surface area contributed by atoms with Crippen LogP contribution in [-0.2, 0) is 9.47 Å². The summed E-state index contributed by atoms with van der Waals surface area (Å²) in [5.74, 6) is -0.828. The Kier molecular flexibility index (Phi) is 6.05. The molecule has 0 unspecified atom stereocenters. The monoisotopic (exact) mass is 349 g/mol. The molecule has 0 atom stereocenters. The van der Waals surface area contributed by atoms with Gasteiger partial charge in [0.2, 0.25) is 0 Å². The number of ether oxygens (including phenoxy) is 3. The van der Waals surface area contributed by atoms with Crippen LogP contribution in [0.1, 0.15) is 57.5 Å². The van der Waals surface area contributed by atoms with E-state index in [2.05, 4.69) is 10.0 Å². The van der Waals surface area contributed by atoms with Gasteiger partial charge in [-0.1, -0.05) is 17.2 Å². The molecule has 25 heavy (non-hydrogen) atoms. The zero-order valence-electron chi connectivity index (χ0n) is 15.5. The van der Waals surface area contributed by atoms with E-state index in [-0.39, 0.29) is 17.0 Å². The average molecular weight is 349 g/mol. The van der Waals surface area contributed by atoms with Gasteiger partial charge in [0.25, 0.3) is 0 Å². The van der Waals surface area contributed by atoms with Crippen molar-refractivity contribution in [1.82, 2.24) is 0 Å². The minimum Gasteiger partial charge on any atom is -0.456 e. The van der Waals surface area contributed by atoms with Crippen molar-refractivity contribution in [2.24, 2.45) is 5.11 Å². The van der Waals surface area contributed by atoms with Gasteiger partial charge in [-0.05, 0) is 59.6 Å². The highest BCUT2D eigenvalue weighted by Crippen LogP contribution is 2.34. The number of carbonyl (C=O) groups excluding carboxylic acids is 2. The summed E-state index contributed by atoms with van der Waals surface area (Å²) >= 11 is 0. The minimum absolute atomic E-state index is 0.000841. The molecule has 0 spiro atoms. The first kappa shape index (κ1) is 20.3. The summed E-state index contributed by atoms with van der Waals surface area (Å²) in [6.45, 7) is 11.8. The lowest BCUT2D eigenvalue weighted by molar-refractivity contribution is 0.00619. The molecule has 0 aliphatic carbocycles. The van der Waals surface area contributed by atoms with E-state index in [1.807, 2.05) is 0 Å². The number of benzene rings is 1. The normalized spacial score (nSPS) is 11.3. The number of aryl methyl sites for hydroxylation is 1. The smallest absolute Gasteiger partial charge is 0.456 e. The standard InChI is InChI=1S/C17H23N3O5/c1-10-8-9-11(19-20-18)12(14(21)24-16(2,3)4)13(10)23-15(22)25-17(5,6)7/h8-9H,1-7H3. The summed E-state index contributed by atoms with van der Waals surface area (Å²) in [4.78, 5) is 27.3. The van der Waals surface area contributed by atoms with E-state index in [0.717, 1.165) is 0 Å². The molecule has 0 heterocycles. The number of carbonyl (C=O) groups is 2. The van der Waals surface area contributed by atoms with E-state index in [1.54, 1.807) is 54.5 Å². The van der Waals surface area contributed by atoms with Crippen molar-refractivity contribution in [1.29, 1.82) is 0 Å². The Morgan fingerprint density at radius 1 is 1.04 bits per heavy atom. The predicted molar refractivity (Wildman–Crippen MR) is 92.0 cm³/mol. The average Bonchev–Trinajstić information content (AvgIpc) is 2.38. The van der Waals surface area contributed by atoms with Crippen molar-refractivity contribution in [2.75, 3.05) is 0 Å². The Balaban J connectivity index is 3.39. The molecule has 0 fully saturated rings. The SMILES string of the molecule is Cc1ccc(N=[N+]=[N-])c(C(=O)OC(C)(C)C)c1OC(=O)OC(C)(C)C. The molecule has 0 bridgehead atoms. The van der Waals surface area contributed by atoms with Crippen LogP contribution in [0.3, 0.4) is 0 Å². The van der Waals surface area contributed by atoms with Crippen molar-refractivity contribution in [3.05, 3.63) is 33.7 Å². The topological polar surface area (TPSA) is 111 Å². The summed E-state index contributed by atoms with van der Waals surface area (Å²) in [6, 6.07) is 3.02. The van der Waals surface area contributed by atoms with Gasteiger partial charge in [0.1, 0.15) is 16.8 Å². The highest BCUT2D eigenvalue weighted by Gasteiger charge is 2.28. The summed E-state index contributed by atoms with van der Waals surface area (Å²) in [5, 5.41) is 3.49. The second kappa shape index (κ2) is 7.44. The van der Waals surface area contributed by atoms with Gasteiger partial charge in [-0.25, -0.2) is 9.59 Å². The second-order valence-corrected chi connectivity index (χ2v) is 7.36. The van der Waals surface area contributed by atoms with E-state index >= 15 is 0 Å². The predicted octanol–water partition coefficient (Wildman–Crippen LogP) is 5.21. The first-order valence-corrected chi connectivity index (χ1v) is 7.67. The first-order chi connectivity index (χ1) is 11.3. The third kappa shape index (κ3) is 6.35. The molecule has 1 rings (SSSR count). The minimum atomic E-state index is -0.974. The molecule has 1 aromatic rings. The number of hydrogen-bond acceptors (Lipinski definition) is 6. The highest BCUT2D eigenvalue weighted by molar-refractivity contribution is 5.99. The molecule has 0 amide bonds. The van der Waals surface area contributed by atoms with Gasteiger partial charge in [-0.3, -0.25) is 0 Å². The Labute approximate surface area is 146 Å². The number of hydrogen-bond donors (Lipinski definition) is 0. The first-order valence-electron chi connectivity index (χ1n) is 7.67. The third-order valence-electron chi connectivity index (χ3n) is 2.66. The fraction of sp³-hybridized carbons (Fsp3) is 0.529. The Morgan fingerprint density at radius 2 is 1.60 bits per heavy atom. The van der Waals surface area contributed by atoms with Crippen LogP contribution >= 0.6 is 0 Å². The zero-order valence-corrected chi connectivity index (χ0v) is 15.5. The molecule has 0 N–H and O–H groups in total. The summed E-state index contributed by atoms with van der Waals surface area (Å²) in [7, 11) is 0. The van der Waals surface area contributed by atoms with Gasteiger partial charge in [-0.2, -0.15) is 0 Å². The molecule has 8 nitrogen and oxygen atoms in total. The summed E-state index contributed by atoms with van der Waals surface area (Å²) in [5.41, 5.74) is 7.55. The van der Waals surface area contributed by atoms with Crippen molar-refractivity contribution in [2.45, 2.75) is 59.7 Å². The van der Waals surface area contributed by atoms with Gasteiger partial charge in [0.15, 0.2) is 5.75 Å². The zero-order chi connectivity index (χ0) is 19.4. The fourth-order valence-corrected chi connectivity index (χ4v) is 1.82. The van der Waals surface area contributed by atoms with Crippen LogP contribution in [0, 0.1) is 6.92 Å². The molecule has 0 radical (unpaired) electrons. The molecule has 8 heteroatoms. The van der Waals surface area contributed by atoms with Crippen molar-refractivity contribution < 1.29 is 23.8 Å². The molecule has 0 saturated heterocycles. The number of nitrogens with zero attached hydrogens (tertiary/aromatic N) is 3. The third-order valence-corrected chi connectivity index (χ3v) is 2.66. The largest absolute Gasteiger partial charge is 0.514 e. The molecule has 0 saturated carbocycles. The molecule has 0 aliphatic rings. The maximum Gasteiger partial charge on any atom is 0.514 e. The van der Waals surface area contributed by atoms with Crippen LogP contribution in [0.2, 0.25) is 0 Å². The number of azide groups is 1. The van der Waals surface area contributed by atoms with Crippen LogP contribution in [0.4, 0.5) is 10.5 Å². The second-order valence-electron chi connectivity index (χ2n) is 7.36. The van der Waals surface area contributed by atoms with Crippen LogP contribution < -0.4 is 4.74 Å². The molecular formula is C17H23N3O5. The summed E-state index contributed by atoms with van der Waals surface area (Å²) < 4.78 is 15.7. The maximum absolute atomic E-state index is 12.6. The Hall–Kier alpha value is -2.73. The van der Waals surface area contributed by atoms with Gasteiger partial charge in [0.05, 0.1) is 5.69 Å². The van der Waals surface area contributed by atoms with E-state index in [0.29, 0.717) is 5.56 Å². The summed E-state index contributed by atoms with van der Waals surface area (Å²) in [6.07, 6.45) is -0.974. The van der Waals surface area contributed by atoms with Crippen LogP contribution in [0.5, 0.6) is 5.75 Å². The van der Waals surface area contributed by atoms with Crippen LogP contribution in [0.15, 0.2) is 17.2 Å². The van der Waals surface area contributed by atoms with Crippen molar-refractivity contribution >= 4 is 17.8 Å². The molecule has 136 valence electrons. The lowest BCUT2D eigenvalue weighted by atomic mass is 10.1. The fourth-order valence-electron chi connectivity index (χ4n) is 1.82. The van der Waals surface area contributed by atoms with E-state index in [9.17, 15) is 9.59 Å². The number of rotatable bonds is 3. The maximum atomic E-state index is 12.6. The Bertz CT molecular complexity index is 723. The molecule has 0 aromatic heterocycles. The molecule has 0 aliphatic heterocycles. The van der Waals surface area contributed by atoms with Crippen molar-refractivity contribution in [3.8, 4) is 5.75 Å². The number of esters is 1. The van der Waals surface area contributed by atoms with E-state index < -0.39 is 23.3 Å². The van der Waals surface area contributed by atoms with Gasteiger partial charge in [0, 0.05) is 4.91 Å². The lowest BCUT2D eigenvalue weighted by Gasteiger charge is -2.23. The van der Waals surface area contributed by atoms with Gasteiger partial charge >= 0.3 is 12.1 Å². The lowest BCUT2D eigenvalue weighted by Crippen LogP contribution is -2.27. The van der Waals surface area contributed by atoms with E-state index in [1.165, 1.54) is 6.07 Å².